The van der Waals surface area contributed by atoms with Gasteiger partial charge in [-0.25, -0.2) is 0 Å². The van der Waals surface area contributed by atoms with Gasteiger partial charge in [0.2, 0.25) is 0 Å². The molecule has 21 atom stereocenters. The van der Waals surface area contributed by atoms with E-state index in [0.29, 0.717) is 54.8 Å². The van der Waals surface area contributed by atoms with Gasteiger partial charge in [-0.1, -0.05) is 41.5 Å². The predicted octanol–water partition coefficient (Wildman–Crippen LogP) is 8.41. The molecule has 0 aromatic heterocycles. The molecule has 8 aliphatic rings. The van der Waals surface area contributed by atoms with Gasteiger partial charge >= 0.3 is 11.9 Å². The minimum atomic E-state index is -0.762. The topological polar surface area (TPSA) is 145 Å². The maximum Gasteiger partial charge on any atom is 0.306 e. The van der Waals surface area contributed by atoms with Crippen molar-refractivity contribution < 1.29 is 39.9 Å². The summed E-state index contributed by atoms with van der Waals surface area (Å²) in [7, 11) is 0. The van der Waals surface area contributed by atoms with Gasteiger partial charge in [-0.3, -0.25) is 9.59 Å². The number of carboxylic acid groups (broad SMARTS) is 1. The van der Waals surface area contributed by atoms with Gasteiger partial charge in [-0.2, -0.15) is 0 Å². The average molecular weight is 783 g/mol. The van der Waals surface area contributed by atoms with Crippen LogP contribution in [-0.4, -0.2) is 68.0 Å². The molecule has 8 nitrogen and oxygen atoms in total. The van der Waals surface area contributed by atoms with Crippen molar-refractivity contribution >= 4 is 11.9 Å². The van der Waals surface area contributed by atoms with Gasteiger partial charge in [-0.05, 0) is 202 Å². The van der Waals surface area contributed by atoms with E-state index in [-0.39, 0.29) is 87.9 Å². The number of aliphatic hydroxyl groups excluding tert-OH is 4. The molecule has 0 heterocycles. The van der Waals surface area contributed by atoms with Crippen molar-refractivity contribution in [3.63, 3.8) is 0 Å². The van der Waals surface area contributed by atoms with E-state index in [1.54, 1.807) is 0 Å². The van der Waals surface area contributed by atoms with Gasteiger partial charge in [0.05, 0.1) is 24.4 Å². The van der Waals surface area contributed by atoms with Crippen molar-refractivity contribution in [3.05, 3.63) is 0 Å². The summed E-state index contributed by atoms with van der Waals surface area (Å²) in [5.41, 5.74) is -0.203. The first-order valence-corrected chi connectivity index (χ1v) is 23.6. The van der Waals surface area contributed by atoms with E-state index < -0.39 is 18.2 Å². The van der Waals surface area contributed by atoms with E-state index in [1.807, 2.05) is 0 Å². The van der Waals surface area contributed by atoms with Crippen LogP contribution >= 0.6 is 0 Å². The summed E-state index contributed by atoms with van der Waals surface area (Å²) < 4.78 is 6.27. The predicted molar refractivity (Wildman–Crippen MR) is 215 cm³/mol. The first kappa shape index (κ1) is 41.5. The molecule has 56 heavy (non-hydrogen) atoms. The number of carbonyl (C=O) groups is 2. The highest BCUT2D eigenvalue weighted by atomic mass is 16.5. The number of aliphatic carboxylic acids is 1. The molecule has 8 fully saturated rings. The molecular formula is C48H78O8. The summed E-state index contributed by atoms with van der Waals surface area (Å²) in [6.45, 7) is 14.0. The molecule has 0 aromatic carbocycles. The lowest BCUT2D eigenvalue weighted by molar-refractivity contribution is -0.209. The highest BCUT2D eigenvalue weighted by Crippen LogP contribution is 2.70. The molecular weight excluding hydrogens is 705 g/mol. The zero-order valence-electron chi connectivity index (χ0n) is 35.7. The standard InChI is InChI=1S/C48H78O8/c1-26(7-15-42(53)54)34-12-14-36-44-38(25-41(52)48(34,36)6)46(4)20-18-31(22-29(46)23-39(44)50)56-43(55)16-8-27(2)33-11-13-35-32-10-9-28-21-30(49)17-19-45(28,3)37(32)24-40(51)47(33,35)5/h26-41,44,49-52H,7-25H2,1-6H3,(H,53,54)/t26-,27-,28-,29+,30-,31-,32+,33-,34-,35+,36+,37+,38+,39+,40+,41+,44+,45+,46+,47-,48-/m1/s1. The average Bonchev–Trinajstić information content (AvgIpc) is 3.70. The van der Waals surface area contributed by atoms with Crippen molar-refractivity contribution in [1.29, 1.82) is 0 Å². The highest BCUT2D eigenvalue weighted by molar-refractivity contribution is 5.69. The Kier molecular flexibility index (Phi) is 11.2. The van der Waals surface area contributed by atoms with Crippen LogP contribution in [0.3, 0.4) is 0 Å². The fourth-order valence-corrected chi connectivity index (χ4v) is 17.7. The van der Waals surface area contributed by atoms with Gasteiger partial charge in [0, 0.05) is 12.8 Å². The number of hydrogen-bond acceptors (Lipinski definition) is 7. The zero-order valence-corrected chi connectivity index (χ0v) is 35.7. The van der Waals surface area contributed by atoms with Gasteiger partial charge in [0.1, 0.15) is 6.10 Å². The Hall–Kier alpha value is -1.22. The number of carboxylic acids is 1. The second kappa shape index (κ2) is 15.0. The third-order valence-corrected chi connectivity index (χ3v) is 20.9. The van der Waals surface area contributed by atoms with Gasteiger partial charge in [-0.15, -0.1) is 0 Å². The van der Waals surface area contributed by atoms with Gasteiger partial charge in [0.15, 0.2) is 0 Å². The zero-order chi connectivity index (χ0) is 40.1. The molecule has 0 bridgehead atoms. The fourth-order valence-electron chi connectivity index (χ4n) is 17.7. The minimum Gasteiger partial charge on any atom is -0.481 e. The van der Waals surface area contributed by atoms with Crippen LogP contribution in [0, 0.1) is 92.7 Å². The van der Waals surface area contributed by atoms with E-state index in [1.165, 1.54) is 19.3 Å². The number of ether oxygens (including phenoxy) is 1. The van der Waals surface area contributed by atoms with Gasteiger partial charge < -0.3 is 30.3 Å². The summed E-state index contributed by atoms with van der Waals surface area (Å²) in [6.07, 6.45) is 15.0. The number of fused-ring (bicyclic) bond motifs is 10. The minimum absolute atomic E-state index is 0.0140. The molecule has 0 spiro atoms. The molecule has 8 aliphatic carbocycles. The first-order chi connectivity index (χ1) is 26.4. The Morgan fingerprint density at radius 2 is 1.21 bits per heavy atom. The maximum atomic E-state index is 13.5. The third kappa shape index (κ3) is 6.48. The van der Waals surface area contributed by atoms with Crippen molar-refractivity contribution in [2.75, 3.05) is 0 Å². The van der Waals surface area contributed by atoms with Crippen LogP contribution in [0.15, 0.2) is 0 Å². The van der Waals surface area contributed by atoms with Crippen LogP contribution < -0.4 is 0 Å². The fraction of sp³-hybridized carbons (Fsp3) is 0.958. The van der Waals surface area contributed by atoms with Crippen molar-refractivity contribution in [3.8, 4) is 0 Å². The van der Waals surface area contributed by atoms with Crippen molar-refractivity contribution in [2.24, 2.45) is 92.7 Å². The molecule has 8 heteroatoms. The van der Waals surface area contributed by atoms with Crippen molar-refractivity contribution in [1.82, 2.24) is 0 Å². The largest absolute Gasteiger partial charge is 0.481 e. The maximum absolute atomic E-state index is 13.5. The van der Waals surface area contributed by atoms with Crippen LogP contribution in [0.4, 0.5) is 0 Å². The lowest BCUT2D eigenvalue weighted by Gasteiger charge is -2.63. The van der Waals surface area contributed by atoms with Crippen LogP contribution in [-0.2, 0) is 14.3 Å². The molecule has 8 rings (SSSR count). The van der Waals surface area contributed by atoms with Gasteiger partial charge in [0.25, 0.3) is 0 Å². The number of hydrogen-bond donors (Lipinski definition) is 5. The third-order valence-electron chi connectivity index (χ3n) is 20.9. The molecule has 0 aromatic rings. The number of esters is 1. The normalized spacial score (nSPS) is 53.3. The Bertz CT molecular complexity index is 1470. The number of carbonyl (C=O) groups excluding carboxylic acids is 1. The van der Waals surface area contributed by atoms with E-state index in [4.69, 9.17) is 4.74 Å². The lowest BCUT2D eigenvalue weighted by atomic mass is 9.43. The second-order valence-corrected chi connectivity index (χ2v) is 22.8. The summed E-state index contributed by atoms with van der Waals surface area (Å²) in [4.78, 5) is 24.9. The van der Waals surface area contributed by atoms with Crippen LogP contribution in [0.1, 0.15) is 164 Å². The molecule has 0 saturated heterocycles. The van der Waals surface area contributed by atoms with E-state index in [2.05, 4.69) is 41.5 Å². The van der Waals surface area contributed by atoms with Crippen LogP contribution in [0.5, 0.6) is 0 Å². The van der Waals surface area contributed by atoms with E-state index in [0.717, 1.165) is 77.0 Å². The first-order valence-electron chi connectivity index (χ1n) is 23.6. The second-order valence-electron chi connectivity index (χ2n) is 22.8. The van der Waals surface area contributed by atoms with E-state index >= 15 is 0 Å². The molecule has 318 valence electrons. The number of aliphatic hydroxyl groups is 4. The smallest absolute Gasteiger partial charge is 0.306 e. The Labute approximate surface area is 337 Å². The summed E-state index contributed by atoms with van der Waals surface area (Å²) in [6, 6.07) is 0. The lowest BCUT2D eigenvalue weighted by Crippen LogP contribution is -2.62. The molecule has 0 unspecified atom stereocenters. The number of rotatable bonds is 9. The Balaban J connectivity index is 0.859. The van der Waals surface area contributed by atoms with Crippen LogP contribution in [0.2, 0.25) is 0 Å². The quantitative estimate of drug-likeness (QED) is 0.147. The molecule has 8 saturated carbocycles. The van der Waals surface area contributed by atoms with Crippen molar-refractivity contribution in [2.45, 2.75) is 194 Å². The van der Waals surface area contributed by atoms with Crippen LogP contribution in [0.25, 0.3) is 0 Å². The Morgan fingerprint density at radius 3 is 1.89 bits per heavy atom. The summed E-state index contributed by atoms with van der Waals surface area (Å²) >= 11 is 0. The Morgan fingerprint density at radius 1 is 0.625 bits per heavy atom. The summed E-state index contributed by atoms with van der Waals surface area (Å²) in [5.74, 6) is 3.51. The molecule has 0 aliphatic heterocycles. The molecule has 0 radical (unpaired) electrons. The summed E-state index contributed by atoms with van der Waals surface area (Å²) in [5, 5.41) is 55.6. The SMILES string of the molecule is C[C@H](CCC(=O)O[C@@H]1CC[C@@]2(C)[C@@H](C1)C[C@H](O)[C@@H]1[C@@H]2C[C@H](O)[C@]2(C)[C@@H]([C@H](C)CCC(=O)O)CC[C@@H]12)[C@H]1CC[C@H]2[C@@H]3CC[C@@H]4C[C@H](O)CC[C@]4(C)[C@H]3C[C@H](O)[C@]12C. The highest BCUT2D eigenvalue weighted by Gasteiger charge is 2.67. The molecule has 5 N–H and O–H groups in total. The monoisotopic (exact) mass is 783 g/mol. The van der Waals surface area contributed by atoms with E-state index in [9.17, 15) is 35.1 Å². The molecule has 0 amide bonds.